The van der Waals surface area contributed by atoms with Crippen molar-refractivity contribution in [2.45, 2.75) is 39.3 Å². The number of aliphatic hydroxyl groups excluding tert-OH is 1. The second-order valence-corrected chi connectivity index (χ2v) is 4.51. The lowest BCUT2D eigenvalue weighted by Crippen LogP contribution is -2.42. The molecule has 0 rings (SSSR count). The quantitative estimate of drug-likeness (QED) is 0.678. The Hall–Kier alpha value is -0.610. The van der Waals surface area contributed by atoms with Crippen molar-refractivity contribution in [3.8, 4) is 0 Å². The number of carbonyl (C=O) groups excluding carboxylic acids is 1. The van der Waals surface area contributed by atoms with Gasteiger partial charge in [0.15, 0.2) is 0 Å². The Bertz CT molecular complexity index is 195. The summed E-state index contributed by atoms with van der Waals surface area (Å²) in [6.45, 7) is 6.17. The fourth-order valence-electron chi connectivity index (χ4n) is 1.27. The van der Waals surface area contributed by atoms with Crippen LogP contribution >= 0.6 is 0 Å². The van der Waals surface area contributed by atoms with Gasteiger partial charge in [0.05, 0.1) is 0 Å². The van der Waals surface area contributed by atoms with E-state index in [0.717, 1.165) is 0 Å². The van der Waals surface area contributed by atoms with Gasteiger partial charge < -0.3 is 15.3 Å². The first kappa shape index (κ1) is 14.4. The van der Waals surface area contributed by atoms with E-state index in [1.807, 2.05) is 20.8 Å². The minimum absolute atomic E-state index is 0.124. The highest BCUT2D eigenvalue weighted by molar-refractivity contribution is 5.76. The standard InChI is InChI=1S/C11H24N2O2/c1-8(7-14)10(3)12-9(2)6-11(15)13(4)5/h8-10,12,14H,6-7H2,1-5H3. The van der Waals surface area contributed by atoms with Crippen molar-refractivity contribution < 1.29 is 9.90 Å². The van der Waals surface area contributed by atoms with Crippen molar-refractivity contribution in [1.82, 2.24) is 10.2 Å². The zero-order valence-corrected chi connectivity index (χ0v) is 10.4. The van der Waals surface area contributed by atoms with Crippen LogP contribution in [0.1, 0.15) is 27.2 Å². The van der Waals surface area contributed by atoms with Gasteiger partial charge in [-0.05, 0) is 19.8 Å². The molecule has 0 saturated carbocycles. The number of nitrogens with one attached hydrogen (secondary N) is 1. The fourth-order valence-corrected chi connectivity index (χ4v) is 1.27. The molecule has 0 aromatic heterocycles. The SMILES string of the molecule is CC(CC(=O)N(C)C)NC(C)C(C)CO. The Morgan fingerprint density at radius 3 is 2.27 bits per heavy atom. The van der Waals surface area contributed by atoms with Crippen LogP contribution in [0.15, 0.2) is 0 Å². The predicted octanol–water partition coefficient (Wildman–Crippen LogP) is 0.460. The van der Waals surface area contributed by atoms with E-state index in [2.05, 4.69) is 5.32 Å². The third kappa shape index (κ3) is 5.74. The molecule has 0 saturated heterocycles. The van der Waals surface area contributed by atoms with Crippen LogP contribution in [0.2, 0.25) is 0 Å². The minimum atomic E-state index is 0.124. The zero-order valence-electron chi connectivity index (χ0n) is 10.4. The van der Waals surface area contributed by atoms with E-state index in [-0.39, 0.29) is 30.5 Å². The van der Waals surface area contributed by atoms with E-state index in [4.69, 9.17) is 5.11 Å². The molecule has 90 valence electrons. The average Bonchev–Trinajstić information content (AvgIpc) is 2.15. The summed E-state index contributed by atoms with van der Waals surface area (Å²) in [7, 11) is 3.52. The Morgan fingerprint density at radius 2 is 1.87 bits per heavy atom. The van der Waals surface area contributed by atoms with Crippen LogP contribution in [0.25, 0.3) is 0 Å². The molecule has 1 amide bonds. The normalized spacial score (nSPS) is 16.9. The molecule has 0 aliphatic rings. The minimum Gasteiger partial charge on any atom is -0.396 e. The molecule has 0 aromatic carbocycles. The maximum Gasteiger partial charge on any atom is 0.223 e. The summed E-state index contributed by atoms with van der Waals surface area (Å²) in [6, 6.07) is 0.365. The monoisotopic (exact) mass is 216 g/mol. The van der Waals surface area contributed by atoms with Gasteiger partial charge in [0.2, 0.25) is 5.91 Å². The lowest BCUT2D eigenvalue weighted by atomic mass is 10.0. The number of hydrogen-bond acceptors (Lipinski definition) is 3. The maximum absolute atomic E-state index is 11.4. The van der Waals surface area contributed by atoms with Crippen LogP contribution < -0.4 is 5.32 Å². The van der Waals surface area contributed by atoms with Gasteiger partial charge in [0.25, 0.3) is 0 Å². The molecule has 15 heavy (non-hydrogen) atoms. The van der Waals surface area contributed by atoms with Crippen molar-refractivity contribution in [2.75, 3.05) is 20.7 Å². The molecule has 0 aromatic rings. The molecule has 3 atom stereocenters. The van der Waals surface area contributed by atoms with Crippen LogP contribution in [0.5, 0.6) is 0 Å². The molecule has 4 nitrogen and oxygen atoms in total. The first-order valence-corrected chi connectivity index (χ1v) is 5.45. The number of amides is 1. The summed E-state index contributed by atoms with van der Waals surface area (Å²) < 4.78 is 0. The zero-order chi connectivity index (χ0) is 12.0. The van der Waals surface area contributed by atoms with E-state index in [0.29, 0.717) is 6.42 Å². The first-order valence-electron chi connectivity index (χ1n) is 5.45. The molecular formula is C11H24N2O2. The van der Waals surface area contributed by atoms with Crippen LogP contribution in [0, 0.1) is 5.92 Å². The fraction of sp³-hybridized carbons (Fsp3) is 0.909. The highest BCUT2D eigenvalue weighted by atomic mass is 16.3. The molecule has 3 unspecified atom stereocenters. The van der Waals surface area contributed by atoms with Gasteiger partial charge in [-0.15, -0.1) is 0 Å². The van der Waals surface area contributed by atoms with E-state index in [1.165, 1.54) is 0 Å². The van der Waals surface area contributed by atoms with Crippen molar-refractivity contribution in [2.24, 2.45) is 5.92 Å². The summed E-state index contributed by atoms with van der Waals surface area (Å²) in [6.07, 6.45) is 0.496. The molecule has 4 heteroatoms. The predicted molar refractivity (Wildman–Crippen MR) is 61.6 cm³/mol. The Labute approximate surface area is 92.7 Å². The van der Waals surface area contributed by atoms with Gasteiger partial charge in [-0.25, -0.2) is 0 Å². The highest BCUT2D eigenvalue weighted by Crippen LogP contribution is 2.04. The Kier molecular flexibility index (Phi) is 6.52. The summed E-state index contributed by atoms with van der Waals surface area (Å²) in [5.41, 5.74) is 0. The molecule has 0 bridgehead atoms. The smallest absolute Gasteiger partial charge is 0.223 e. The number of aliphatic hydroxyl groups is 1. The van der Waals surface area contributed by atoms with Crippen molar-refractivity contribution >= 4 is 5.91 Å². The Morgan fingerprint density at radius 1 is 1.33 bits per heavy atom. The molecule has 0 spiro atoms. The summed E-state index contributed by atoms with van der Waals surface area (Å²) in [5, 5.41) is 12.3. The van der Waals surface area contributed by atoms with Gasteiger partial charge in [0, 0.05) is 39.2 Å². The lowest BCUT2D eigenvalue weighted by molar-refractivity contribution is -0.129. The largest absolute Gasteiger partial charge is 0.396 e. The maximum atomic E-state index is 11.4. The van der Waals surface area contributed by atoms with Crippen molar-refractivity contribution in [3.63, 3.8) is 0 Å². The van der Waals surface area contributed by atoms with Gasteiger partial charge in [0.1, 0.15) is 0 Å². The number of nitrogens with zero attached hydrogens (tertiary/aromatic N) is 1. The van der Waals surface area contributed by atoms with Gasteiger partial charge in [-0.1, -0.05) is 6.92 Å². The average molecular weight is 216 g/mol. The molecule has 0 aliphatic heterocycles. The lowest BCUT2D eigenvalue weighted by Gasteiger charge is -2.24. The van der Waals surface area contributed by atoms with Crippen molar-refractivity contribution in [3.05, 3.63) is 0 Å². The highest BCUT2D eigenvalue weighted by Gasteiger charge is 2.16. The molecule has 0 heterocycles. The van der Waals surface area contributed by atoms with Gasteiger partial charge in [-0.2, -0.15) is 0 Å². The molecular weight excluding hydrogens is 192 g/mol. The Balaban J connectivity index is 3.92. The second-order valence-electron chi connectivity index (χ2n) is 4.51. The molecule has 0 radical (unpaired) electrons. The summed E-state index contributed by atoms with van der Waals surface area (Å²) >= 11 is 0. The van der Waals surface area contributed by atoms with Crippen LogP contribution in [0.4, 0.5) is 0 Å². The summed E-state index contributed by atoms with van der Waals surface area (Å²) in [4.78, 5) is 13.0. The summed E-state index contributed by atoms with van der Waals surface area (Å²) in [5.74, 6) is 0.334. The number of rotatable bonds is 6. The van der Waals surface area contributed by atoms with Crippen molar-refractivity contribution in [1.29, 1.82) is 0 Å². The molecule has 0 aliphatic carbocycles. The van der Waals surface area contributed by atoms with E-state index in [1.54, 1.807) is 19.0 Å². The van der Waals surface area contributed by atoms with E-state index < -0.39 is 0 Å². The van der Waals surface area contributed by atoms with Gasteiger partial charge >= 0.3 is 0 Å². The van der Waals surface area contributed by atoms with Crippen LogP contribution in [-0.2, 0) is 4.79 Å². The third-order valence-electron chi connectivity index (χ3n) is 2.67. The third-order valence-corrected chi connectivity index (χ3v) is 2.67. The molecule has 2 N–H and O–H groups in total. The second kappa shape index (κ2) is 6.80. The van der Waals surface area contributed by atoms with E-state index >= 15 is 0 Å². The van der Waals surface area contributed by atoms with Crippen LogP contribution in [-0.4, -0.2) is 48.7 Å². The van der Waals surface area contributed by atoms with E-state index in [9.17, 15) is 4.79 Å². The number of carbonyl (C=O) groups is 1. The topological polar surface area (TPSA) is 52.6 Å². The molecule has 0 fully saturated rings. The number of hydrogen-bond donors (Lipinski definition) is 2. The first-order chi connectivity index (χ1) is 6.88. The van der Waals surface area contributed by atoms with Gasteiger partial charge in [-0.3, -0.25) is 4.79 Å². The van der Waals surface area contributed by atoms with Crippen LogP contribution in [0.3, 0.4) is 0 Å².